The molecule has 2 aliphatic rings. The molecule has 2 aliphatic heterocycles. The highest BCUT2D eigenvalue weighted by Gasteiger charge is 2.49. The molecule has 4 rings (SSSR count). The maximum atomic E-state index is 12.3. The van der Waals surface area contributed by atoms with Gasteiger partial charge in [0.25, 0.3) is 5.91 Å². The van der Waals surface area contributed by atoms with Gasteiger partial charge in [0.05, 0.1) is 6.61 Å². The van der Waals surface area contributed by atoms with Gasteiger partial charge in [-0.05, 0) is 48.2 Å². The van der Waals surface area contributed by atoms with Crippen molar-refractivity contribution in [3.8, 4) is 11.1 Å². The molecule has 2 amide bonds. The van der Waals surface area contributed by atoms with Crippen LogP contribution in [0.4, 0.5) is 0 Å². The van der Waals surface area contributed by atoms with Crippen molar-refractivity contribution in [2.24, 2.45) is 0 Å². The lowest BCUT2D eigenvalue weighted by Gasteiger charge is -2.57. The van der Waals surface area contributed by atoms with E-state index >= 15 is 0 Å². The van der Waals surface area contributed by atoms with Crippen LogP contribution in [0.2, 0.25) is 0 Å². The van der Waals surface area contributed by atoms with E-state index in [1.807, 2.05) is 29.2 Å². The summed E-state index contributed by atoms with van der Waals surface area (Å²) in [5.41, 5.74) is 3.93. The molecule has 0 bridgehead atoms. The number of fused-ring (bicyclic) bond motifs is 1. The first-order valence-electron chi connectivity index (χ1n) is 11.4. The number of amides is 2. The Balaban J connectivity index is 1.57. The van der Waals surface area contributed by atoms with Crippen LogP contribution in [-0.2, 0) is 4.79 Å². The number of benzene rings is 2. The van der Waals surface area contributed by atoms with Gasteiger partial charge in [-0.15, -0.1) is 0 Å². The molecule has 32 heavy (non-hydrogen) atoms. The van der Waals surface area contributed by atoms with Crippen LogP contribution >= 0.6 is 0 Å². The van der Waals surface area contributed by atoms with Crippen molar-refractivity contribution in [1.29, 1.82) is 0 Å². The van der Waals surface area contributed by atoms with Gasteiger partial charge in [-0.3, -0.25) is 14.5 Å². The van der Waals surface area contributed by atoms with Crippen molar-refractivity contribution in [2.45, 2.75) is 37.8 Å². The Kier molecular flexibility index (Phi) is 6.63. The van der Waals surface area contributed by atoms with E-state index < -0.39 is 0 Å². The highest BCUT2D eigenvalue weighted by molar-refractivity contribution is 5.95. The van der Waals surface area contributed by atoms with E-state index in [1.54, 1.807) is 25.9 Å². The third-order valence-electron chi connectivity index (χ3n) is 6.96. The van der Waals surface area contributed by atoms with E-state index in [2.05, 4.69) is 29.2 Å². The molecule has 3 atom stereocenters. The molecule has 0 spiro atoms. The second kappa shape index (κ2) is 9.43. The number of hydrogen-bond donors (Lipinski definition) is 1. The summed E-state index contributed by atoms with van der Waals surface area (Å²) in [5, 5.41) is 10.1. The summed E-state index contributed by atoms with van der Waals surface area (Å²) in [6.45, 7) is 4.28. The van der Waals surface area contributed by atoms with Gasteiger partial charge in [-0.2, -0.15) is 0 Å². The average Bonchev–Trinajstić information content (AvgIpc) is 2.77. The van der Waals surface area contributed by atoms with Gasteiger partial charge in [0, 0.05) is 57.7 Å². The van der Waals surface area contributed by atoms with E-state index in [9.17, 15) is 14.7 Å². The monoisotopic (exact) mass is 435 g/mol. The standard InChI is InChI=1S/C26H33N3O3/c1-18(31)28-13-4-5-14-29-23(16-28)25(24(29)17-30)20-11-9-19(10-12-20)21-7-6-8-22(15-21)26(32)27(2)3/h6-12,15,23-25,30H,4-5,13-14,16-17H2,1-3H3/t23-,24+,25+/m1/s1. The molecule has 0 aromatic heterocycles. The van der Waals surface area contributed by atoms with Crippen LogP contribution in [0.5, 0.6) is 0 Å². The summed E-state index contributed by atoms with van der Waals surface area (Å²) in [7, 11) is 3.51. The Bertz CT molecular complexity index is 973. The largest absolute Gasteiger partial charge is 0.395 e. The average molecular weight is 436 g/mol. The van der Waals surface area contributed by atoms with Crippen molar-refractivity contribution in [3.63, 3.8) is 0 Å². The molecule has 6 nitrogen and oxygen atoms in total. The highest BCUT2D eigenvalue weighted by Crippen LogP contribution is 2.42. The summed E-state index contributed by atoms with van der Waals surface area (Å²) >= 11 is 0. The molecule has 2 aromatic rings. The normalized spacial score (nSPS) is 23.5. The molecular formula is C26H33N3O3. The summed E-state index contributed by atoms with van der Waals surface area (Å²) < 4.78 is 0. The summed E-state index contributed by atoms with van der Waals surface area (Å²) in [5.74, 6) is 0.319. The van der Waals surface area contributed by atoms with Gasteiger partial charge in [0.2, 0.25) is 5.91 Å². The van der Waals surface area contributed by atoms with Crippen LogP contribution in [0.25, 0.3) is 11.1 Å². The van der Waals surface area contributed by atoms with Crippen LogP contribution in [0.15, 0.2) is 48.5 Å². The highest BCUT2D eigenvalue weighted by atomic mass is 16.3. The molecule has 0 aliphatic carbocycles. The number of carbonyl (C=O) groups is 2. The van der Waals surface area contributed by atoms with Crippen LogP contribution in [-0.4, -0.2) is 84.0 Å². The molecule has 2 fully saturated rings. The summed E-state index contributed by atoms with van der Waals surface area (Å²) in [6, 6.07) is 16.5. The molecular weight excluding hydrogens is 402 g/mol. The fourth-order valence-corrected chi connectivity index (χ4v) is 5.21. The van der Waals surface area contributed by atoms with Gasteiger partial charge >= 0.3 is 0 Å². The minimum absolute atomic E-state index is 0.0110. The minimum atomic E-state index is -0.0110. The first-order valence-corrected chi connectivity index (χ1v) is 11.4. The number of rotatable bonds is 4. The second-order valence-corrected chi connectivity index (χ2v) is 9.16. The fourth-order valence-electron chi connectivity index (χ4n) is 5.21. The zero-order valence-electron chi connectivity index (χ0n) is 19.2. The zero-order chi connectivity index (χ0) is 22.8. The van der Waals surface area contributed by atoms with Gasteiger partial charge in [-0.25, -0.2) is 0 Å². The van der Waals surface area contributed by atoms with Crippen LogP contribution in [0, 0.1) is 0 Å². The van der Waals surface area contributed by atoms with Gasteiger partial charge in [-0.1, -0.05) is 36.4 Å². The van der Waals surface area contributed by atoms with E-state index in [0.717, 1.165) is 37.1 Å². The minimum Gasteiger partial charge on any atom is -0.395 e. The molecule has 2 saturated heterocycles. The van der Waals surface area contributed by atoms with E-state index in [-0.39, 0.29) is 36.4 Å². The van der Waals surface area contributed by atoms with Crippen molar-refractivity contribution >= 4 is 11.8 Å². The third-order valence-corrected chi connectivity index (χ3v) is 6.96. The molecule has 6 heteroatoms. The fraction of sp³-hybridized carbons (Fsp3) is 0.462. The topological polar surface area (TPSA) is 64.1 Å². The zero-order valence-corrected chi connectivity index (χ0v) is 19.2. The molecule has 0 unspecified atom stereocenters. The summed E-state index contributed by atoms with van der Waals surface area (Å²) in [4.78, 5) is 30.3. The third kappa shape index (κ3) is 4.30. The Morgan fingerprint density at radius 1 is 1.03 bits per heavy atom. The van der Waals surface area contributed by atoms with Crippen molar-refractivity contribution < 1.29 is 14.7 Å². The molecule has 0 saturated carbocycles. The molecule has 2 aromatic carbocycles. The predicted molar refractivity (Wildman–Crippen MR) is 125 cm³/mol. The lowest BCUT2D eigenvalue weighted by atomic mass is 9.74. The van der Waals surface area contributed by atoms with Gasteiger partial charge < -0.3 is 14.9 Å². The van der Waals surface area contributed by atoms with Gasteiger partial charge in [0.1, 0.15) is 0 Å². The maximum Gasteiger partial charge on any atom is 0.253 e. The first kappa shape index (κ1) is 22.5. The number of nitrogens with zero attached hydrogens (tertiary/aromatic N) is 3. The summed E-state index contributed by atoms with van der Waals surface area (Å²) in [6.07, 6.45) is 2.06. The first-order chi connectivity index (χ1) is 15.4. The SMILES string of the molecule is CC(=O)N1CCCCN2[C@H](C1)[C@H](c1ccc(-c3cccc(C(=O)N(C)C)c3)cc1)[C@@H]2CO. The predicted octanol–water partition coefficient (Wildman–Crippen LogP) is 2.83. The Labute approximate surface area is 190 Å². The molecule has 0 radical (unpaired) electrons. The Morgan fingerprint density at radius 2 is 1.75 bits per heavy atom. The van der Waals surface area contributed by atoms with Crippen LogP contribution in [0.1, 0.15) is 41.6 Å². The Hall–Kier alpha value is -2.70. The van der Waals surface area contributed by atoms with Crippen LogP contribution in [0.3, 0.4) is 0 Å². The van der Waals surface area contributed by atoms with E-state index in [4.69, 9.17) is 0 Å². The smallest absolute Gasteiger partial charge is 0.253 e. The van der Waals surface area contributed by atoms with Crippen molar-refractivity contribution in [1.82, 2.24) is 14.7 Å². The Morgan fingerprint density at radius 3 is 2.41 bits per heavy atom. The van der Waals surface area contributed by atoms with Crippen LogP contribution < -0.4 is 0 Å². The molecule has 170 valence electrons. The molecule has 2 heterocycles. The lowest BCUT2D eigenvalue weighted by molar-refractivity contribution is -0.134. The molecule has 1 N–H and O–H groups in total. The van der Waals surface area contributed by atoms with Crippen molar-refractivity contribution in [3.05, 3.63) is 59.7 Å². The quantitative estimate of drug-likeness (QED) is 0.802. The number of carbonyl (C=O) groups excluding carboxylic acids is 2. The maximum absolute atomic E-state index is 12.3. The second-order valence-electron chi connectivity index (χ2n) is 9.16. The number of hydrogen-bond acceptors (Lipinski definition) is 4. The van der Waals surface area contributed by atoms with E-state index in [1.165, 1.54) is 5.56 Å². The van der Waals surface area contributed by atoms with Gasteiger partial charge in [0.15, 0.2) is 0 Å². The number of aliphatic hydroxyl groups excluding tert-OH is 1. The van der Waals surface area contributed by atoms with E-state index in [0.29, 0.717) is 12.1 Å². The van der Waals surface area contributed by atoms with Crippen molar-refractivity contribution in [2.75, 3.05) is 40.3 Å². The lowest BCUT2D eigenvalue weighted by Crippen LogP contribution is -2.67. The number of aliphatic hydroxyl groups is 1.